The molecule has 2 heterocycles. The Morgan fingerprint density at radius 1 is 0.810 bits per heavy atom. The number of aromatic nitrogens is 3. The Morgan fingerprint density at radius 2 is 1.48 bits per heavy atom. The van der Waals surface area contributed by atoms with Crippen molar-refractivity contribution in [2.24, 2.45) is 0 Å². The molecule has 0 saturated carbocycles. The van der Waals surface area contributed by atoms with Crippen molar-refractivity contribution in [1.82, 2.24) is 15.2 Å². The van der Waals surface area contributed by atoms with Gasteiger partial charge in [-0.05, 0) is 30.3 Å². The van der Waals surface area contributed by atoms with Crippen molar-refractivity contribution in [2.75, 3.05) is 14.2 Å². The molecule has 0 N–H and O–H groups in total. The second kappa shape index (κ2) is 5.62. The second-order valence-electron chi connectivity index (χ2n) is 4.22. The van der Waals surface area contributed by atoms with E-state index in [1.54, 1.807) is 38.7 Å². The van der Waals surface area contributed by atoms with Crippen LogP contribution in [0, 0.1) is 0 Å². The molecular formula is C15H13N3O3. The van der Waals surface area contributed by atoms with Crippen molar-refractivity contribution >= 4 is 0 Å². The normalized spacial score (nSPS) is 10.4. The van der Waals surface area contributed by atoms with Gasteiger partial charge in [-0.1, -0.05) is 0 Å². The summed E-state index contributed by atoms with van der Waals surface area (Å²) in [7, 11) is 3.17. The fourth-order valence-corrected chi connectivity index (χ4v) is 1.92. The number of pyridine rings is 1. The van der Waals surface area contributed by atoms with Gasteiger partial charge in [0.1, 0.15) is 0 Å². The Kier molecular flexibility index (Phi) is 3.51. The maximum Gasteiger partial charge on any atom is 0.248 e. The van der Waals surface area contributed by atoms with Gasteiger partial charge in [0.25, 0.3) is 0 Å². The van der Waals surface area contributed by atoms with E-state index >= 15 is 0 Å². The minimum Gasteiger partial charge on any atom is -0.493 e. The van der Waals surface area contributed by atoms with Crippen molar-refractivity contribution in [1.29, 1.82) is 0 Å². The molecule has 3 rings (SSSR count). The van der Waals surface area contributed by atoms with Crippen molar-refractivity contribution in [2.45, 2.75) is 0 Å². The molecule has 0 aliphatic heterocycles. The number of hydrogen-bond donors (Lipinski definition) is 0. The summed E-state index contributed by atoms with van der Waals surface area (Å²) in [6, 6.07) is 9.05. The highest BCUT2D eigenvalue weighted by atomic mass is 16.5. The molecule has 0 atom stereocenters. The van der Waals surface area contributed by atoms with E-state index in [0.29, 0.717) is 23.3 Å². The van der Waals surface area contributed by atoms with Crippen LogP contribution >= 0.6 is 0 Å². The van der Waals surface area contributed by atoms with E-state index in [0.717, 1.165) is 11.1 Å². The van der Waals surface area contributed by atoms with E-state index in [9.17, 15) is 0 Å². The van der Waals surface area contributed by atoms with Gasteiger partial charge < -0.3 is 13.9 Å². The molecule has 0 bridgehead atoms. The van der Waals surface area contributed by atoms with Crippen LogP contribution in [0.15, 0.2) is 47.1 Å². The second-order valence-corrected chi connectivity index (χ2v) is 4.22. The summed E-state index contributed by atoms with van der Waals surface area (Å²) >= 11 is 0. The third kappa shape index (κ3) is 2.55. The van der Waals surface area contributed by atoms with Gasteiger partial charge >= 0.3 is 0 Å². The first kappa shape index (κ1) is 13.1. The van der Waals surface area contributed by atoms with Crippen LogP contribution < -0.4 is 9.47 Å². The Labute approximate surface area is 121 Å². The number of hydrogen-bond acceptors (Lipinski definition) is 6. The molecule has 0 aliphatic rings. The molecule has 0 spiro atoms. The molecule has 0 unspecified atom stereocenters. The van der Waals surface area contributed by atoms with Crippen LogP contribution in [-0.4, -0.2) is 29.4 Å². The molecule has 0 fully saturated rings. The van der Waals surface area contributed by atoms with Crippen molar-refractivity contribution in [3.63, 3.8) is 0 Å². The van der Waals surface area contributed by atoms with Crippen LogP contribution in [-0.2, 0) is 0 Å². The summed E-state index contributed by atoms with van der Waals surface area (Å²) in [6.45, 7) is 0. The summed E-state index contributed by atoms with van der Waals surface area (Å²) < 4.78 is 16.2. The fourth-order valence-electron chi connectivity index (χ4n) is 1.92. The first-order valence-corrected chi connectivity index (χ1v) is 6.28. The number of nitrogens with zero attached hydrogens (tertiary/aromatic N) is 3. The average molecular weight is 283 g/mol. The molecule has 0 radical (unpaired) electrons. The molecule has 3 aromatic rings. The quantitative estimate of drug-likeness (QED) is 0.733. The van der Waals surface area contributed by atoms with E-state index in [-0.39, 0.29) is 0 Å². The Bertz CT molecular complexity index is 741. The van der Waals surface area contributed by atoms with Crippen LogP contribution in [0.5, 0.6) is 11.5 Å². The van der Waals surface area contributed by atoms with Gasteiger partial charge in [-0.3, -0.25) is 4.98 Å². The number of methoxy groups -OCH3 is 2. The highest BCUT2D eigenvalue weighted by molar-refractivity contribution is 5.61. The molecule has 21 heavy (non-hydrogen) atoms. The molecule has 6 nitrogen and oxygen atoms in total. The summed E-state index contributed by atoms with van der Waals surface area (Å²) in [5, 5.41) is 8.10. The van der Waals surface area contributed by atoms with Crippen molar-refractivity contribution in [3.05, 3.63) is 42.7 Å². The van der Waals surface area contributed by atoms with Crippen molar-refractivity contribution in [3.8, 4) is 34.4 Å². The van der Waals surface area contributed by atoms with Crippen LogP contribution in [0.25, 0.3) is 22.9 Å². The van der Waals surface area contributed by atoms with Gasteiger partial charge in [0.2, 0.25) is 11.8 Å². The zero-order valence-electron chi connectivity index (χ0n) is 11.6. The van der Waals surface area contributed by atoms with Crippen LogP contribution in [0.2, 0.25) is 0 Å². The number of rotatable bonds is 4. The summed E-state index contributed by atoms with van der Waals surface area (Å²) in [4.78, 5) is 3.96. The minimum absolute atomic E-state index is 0.419. The maximum atomic E-state index is 5.68. The molecule has 2 aromatic heterocycles. The lowest BCUT2D eigenvalue weighted by molar-refractivity contribution is 0.355. The number of ether oxygens (including phenoxy) is 2. The summed E-state index contributed by atoms with van der Waals surface area (Å²) in [5.41, 5.74) is 1.59. The predicted molar refractivity (Wildman–Crippen MR) is 76.1 cm³/mol. The van der Waals surface area contributed by atoms with E-state index in [4.69, 9.17) is 13.9 Å². The molecule has 0 aliphatic carbocycles. The topological polar surface area (TPSA) is 70.3 Å². The van der Waals surface area contributed by atoms with Gasteiger partial charge in [-0.2, -0.15) is 0 Å². The molecular weight excluding hydrogens is 270 g/mol. The highest BCUT2D eigenvalue weighted by Crippen LogP contribution is 2.32. The first-order chi connectivity index (χ1) is 10.3. The lowest BCUT2D eigenvalue weighted by Crippen LogP contribution is -1.90. The maximum absolute atomic E-state index is 5.68. The third-order valence-electron chi connectivity index (χ3n) is 2.98. The smallest absolute Gasteiger partial charge is 0.248 e. The lowest BCUT2D eigenvalue weighted by Gasteiger charge is -2.07. The van der Waals surface area contributed by atoms with Crippen LogP contribution in [0.4, 0.5) is 0 Å². The van der Waals surface area contributed by atoms with Gasteiger partial charge in [-0.15, -0.1) is 10.2 Å². The lowest BCUT2D eigenvalue weighted by atomic mass is 10.2. The molecule has 0 saturated heterocycles. The zero-order chi connectivity index (χ0) is 14.7. The SMILES string of the molecule is COc1ccc(-c2nnc(-c3ccncc3)o2)cc1OC. The van der Waals surface area contributed by atoms with E-state index in [1.807, 2.05) is 18.2 Å². The fraction of sp³-hybridized carbons (Fsp3) is 0.133. The Morgan fingerprint density at radius 3 is 2.14 bits per heavy atom. The van der Waals surface area contributed by atoms with E-state index in [2.05, 4.69) is 15.2 Å². The summed E-state index contributed by atoms with van der Waals surface area (Å²) in [6.07, 6.45) is 3.35. The molecule has 106 valence electrons. The standard InChI is InChI=1S/C15H13N3O3/c1-19-12-4-3-11(9-13(12)20-2)15-18-17-14(21-15)10-5-7-16-8-6-10/h3-9H,1-2H3. The monoisotopic (exact) mass is 283 g/mol. The Balaban J connectivity index is 1.97. The van der Waals surface area contributed by atoms with Crippen LogP contribution in [0.1, 0.15) is 0 Å². The number of benzene rings is 1. The Hall–Kier alpha value is -2.89. The van der Waals surface area contributed by atoms with Gasteiger partial charge in [0.05, 0.1) is 14.2 Å². The molecule has 6 heteroatoms. The predicted octanol–water partition coefficient (Wildman–Crippen LogP) is 2.82. The van der Waals surface area contributed by atoms with Gasteiger partial charge in [-0.25, -0.2) is 0 Å². The zero-order valence-corrected chi connectivity index (χ0v) is 11.6. The van der Waals surface area contributed by atoms with Gasteiger partial charge in [0, 0.05) is 23.5 Å². The third-order valence-corrected chi connectivity index (χ3v) is 2.98. The van der Waals surface area contributed by atoms with Crippen molar-refractivity contribution < 1.29 is 13.9 Å². The molecule has 0 amide bonds. The molecule has 1 aromatic carbocycles. The van der Waals surface area contributed by atoms with Crippen LogP contribution in [0.3, 0.4) is 0 Å². The largest absolute Gasteiger partial charge is 0.493 e. The highest BCUT2D eigenvalue weighted by Gasteiger charge is 2.13. The van der Waals surface area contributed by atoms with E-state index < -0.39 is 0 Å². The first-order valence-electron chi connectivity index (χ1n) is 6.28. The summed E-state index contributed by atoms with van der Waals surface area (Å²) in [5.74, 6) is 2.12. The minimum atomic E-state index is 0.419. The van der Waals surface area contributed by atoms with E-state index in [1.165, 1.54) is 0 Å². The average Bonchev–Trinajstić information content (AvgIpc) is 3.05. The van der Waals surface area contributed by atoms with Gasteiger partial charge in [0.15, 0.2) is 11.5 Å².